The number of rotatable bonds is 3. The number of nitrogen functional groups attached to an aromatic ring is 1. The number of nitrogens with two attached hydrogens (primary N) is 1. The zero-order valence-electron chi connectivity index (χ0n) is 12.2. The summed E-state index contributed by atoms with van der Waals surface area (Å²) in [6, 6.07) is 5.90. The van der Waals surface area contributed by atoms with Gasteiger partial charge in [-0.1, -0.05) is 12.1 Å². The maximum atomic E-state index is 7.69. The number of ether oxygens (including phenoxy) is 1. The maximum absolute atomic E-state index is 7.69. The molecule has 0 amide bonds. The van der Waals surface area contributed by atoms with Crippen molar-refractivity contribution in [3.8, 4) is 11.6 Å². The molecule has 0 spiro atoms. The average Bonchev–Trinajstić information content (AvgIpc) is 2.39. The Kier molecular flexibility index (Phi) is 3.74. The fourth-order valence-corrected chi connectivity index (χ4v) is 2.12. The minimum absolute atomic E-state index is 0.0337. The highest BCUT2D eigenvalue weighted by Crippen LogP contribution is 2.31. The van der Waals surface area contributed by atoms with Gasteiger partial charge in [-0.2, -0.15) is 0 Å². The lowest BCUT2D eigenvalue weighted by molar-refractivity contribution is 0.454. The molecule has 1 aromatic carbocycles. The molecule has 4 nitrogen and oxygen atoms in total. The van der Waals surface area contributed by atoms with Crippen LogP contribution in [0.2, 0.25) is 0 Å². The van der Waals surface area contributed by atoms with Gasteiger partial charge in [0.1, 0.15) is 11.6 Å². The van der Waals surface area contributed by atoms with E-state index in [1.807, 2.05) is 39.8 Å². The first-order valence-electron chi connectivity index (χ1n) is 6.46. The van der Waals surface area contributed by atoms with Crippen molar-refractivity contribution in [3.63, 3.8) is 0 Å². The number of amidine groups is 1. The molecule has 3 N–H and O–H groups in total. The molecule has 0 aliphatic heterocycles. The molecular weight excluding hydrogens is 250 g/mol. The van der Waals surface area contributed by atoms with E-state index < -0.39 is 0 Å². The van der Waals surface area contributed by atoms with Crippen LogP contribution in [-0.4, -0.2) is 10.8 Å². The summed E-state index contributed by atoms with van der Waals surface area (Å²) in [6.07, 6.45) is 1.66. The van der Waals surface area contributed by atoms with Crippen molar-refractivity contribution < 1.29 is 4.74 Å². The average molecular weight is 269 g/mol. The number of nitrogens with zero attached hydrogens (tertiary/aromatic N) is 1. The van der Waals surface area contributed by atoms with Gasteiger partial charge in [0.05, 0.1) is 5.56 Å². The highest BCUT2D eigenvalue weighted by atomic mass is 16.5. The first-order chi connectivity index (χ1) is 9.41. The van der Waals surface area contributed by atoms with Crippen molar-refractivity contribution in [1.82, 2.24) is 4.98 Å². The molecule has 1 heterocycles. The van der Waals surface area contributed by atoms with Crippen LogP contribution in [0.5, 0.6) is 11.6 Å². The van der Waals surface area contributed by atoms with Crippen LogP contribution in [0.1, 0.15) is 27.8 Å². The molecule has 20 heavy (non-hydrogen) atoms. The second kappa shape index (κ2) is 5.33. The molecule has 0 bridgehead atoms. The van der Waals surface area contributed by atoms with Crippen LogP contribution >= 0.6 is 0 Å². The third-order valence-corrected chi connectivity index (χ3v) is 3.47. The summed E-state index contributed by atoms with van der Waals surface area (Å²) in [5, 5.41) is 7.69. The summed E-state index contributed by atoms with van der Waals surface area (Å²) in [7, 11) is 0. The zero-order chi connectivity index (χ0) is 14.9. The van der Waals surface area contributed by atoms with E-state index in [0.717, 1.165) is 28.0 Å². The minimum atomic E-state index is -0.0337. The van der Waals surface area contributed by atoms with E-state index in [-0.39, 0.29) is 5.84 Å². The summed E-state index contributed by atoms with van der Waals surface area (Å²) >= 11 is 0. The molecule has 2 rings (SSSR count). The number of hydrogen-bond acceptors (Lipinski definition) is 3. The third kappa shape index (κ3) is 2.50. The first kappa shape index (κ1) is 14.1. The Hall–Kier alpha value is -2.36. The third-order valence-electron chi connectivity index (χ3n) is 3.47. The Labute approximate surface area is 119 Å². The van der Waals surface area contributed by atoms with Crippen LogP contribution in [0.15, 0.2) is 24.4 Å². The Morgan fingerprint density at radius 3 is 2.35 bits per heavy atom. The molecule has 2 aromatic rings. The van der Waals surface area contributed by atoms with Gasteiger partial charge in [-0.05, 0) is 56.0 Å². The van der Waals surface area contributed by atoms with E-state index in [1.165, 1.54) is 0 Å². The van der Waals surface area contributed by atoms with Crippen molar-refractivity contribution >= 4 is 5.84 Å². The van der Waals surface area contributed by atoms with E-state index in [4.69, 9.17) is 15.9 Å². The molecular formula is C16H19N3O. The molecule has 1 aromatic heterocycles. The molecule has 0 unspecified atom stereocenters. The Bertz CT molecular complexity index is 678. The largest absolute Gasteiger partial charge is 0.438 e. The van der Waals surface area contributed by atoms with Crippen LogP contribution < -0.4 is 10.5 Å². The molecule has 104 valence electrons. The van der Waals surface area contributed by atoms with E-state index in [0.29, 0.717) is 11.4 Å². The molecule has 0 saturated heterocycles. The van der Waals surface area contributed by atoms with Gasteiger partial charge in [0, 0.05) is 6.20 Å². The van der Waals surface area contributed by atoms with Gasteiger partial charge in [0.25, 0.3) is 0 Å². The molecule has 0 radical (unpaired) electrons. The molecule has 0 fully saturated rings. The van der Waals surface area contributed by atoms with Crippen molar-refractivity contribution in [2.75, 3.05) is 0 Å². The Morgan fingerprint density at radius 2 is 1.70 bits per heavy atom. The van der Waals surface area contributed by atoms with Crippen LogP contribution in [-0.2, 0) is 0 Å². The maximum Gasteiger partial charge on any atom is 0.230 e. The highest BCUT2D eigenvalue weighted by Gasteiger charge is 2.15. The SMILES string of the molecule is Cc1ccc(C)c(Oc2nccc(C)c2C(=N)N)c1C. The van der Waals surface area contributed by atoms with Gasteiger partial charge in [-0.3, -0.25) is 5.41 Å². The second-order valence-corrected chi connectivity index (χ2v) is 4.98. The number of aromatic nitrogens is 1. The summed E-state index contributed by atoms with van der Waals surface area (Å²) in [4.78, 5) is 4.22. The van der Waals surface area contributed by atoms with Gasteiger partial charge in [-0.15, -0.1) is 0 Å². The molecule has 0 aliphatic rings. The quantitative estimate of drug-likeness (QED) is 0.662. The number of benzene rings is 1. The van der Waals surface area contributed by atoms with Crippen molar-refractivity contribution in [3.05, 3.63) is 52.2 Å². The predicted molar refractivity (Wildman–Crippen MR) is 80.7 cm³/mol. The van der Waals surface area contributed by atoms with Gasteiger partial charge >= 0.3 is 0 Å². The monoisotopic (exact) mass is 269 g/mol. The Morgan fingerprint density at radius 1 is 1.05 bits per heavy atom. The summed E-state index contributed by atoms with van der Waals surface area (Å²) in [5.41, 5.74) is 10.3. The van der Waals surface area contributed by atoms with Crippen LogP contribution in [0.25, 0.3) is 0 Å². The van der Waals surface area contributed by atoms with Gasteiger partial charge in [-0.25, -0.2) is 4.98 Å². The van der Waals surface area contributed by atoms with Crippen LogP contribution in [0.4, 0.5) is 0 Å². The lowest BCUT2D eigenvalue weighted by Gasteiger charge is -2.15. The van der Waals surface area contributed by atoms with Crippen LogP contribution in [0, 0.1) is 33.1 Å². The molecule has 4 heteroatoms. The summed E-state index contributed by atoms with van der Waals surface area (Å²) in [6.45, 7) is 7.93. The van der Waals surface area contributed by atoms with Crippen molar-refractivity contribution in [2.24, 2.45) is 5.73 Å². The second-order valence-electron chi connectivity index (χ2n) is 4.98. The number of aryl methyl sites for hydroxylation is 3. The lowest BCUT2D eigenvalue weighted by Crippen LogP contribution is -2.15. The normalized spacial score (nSPS) is 10.4. The fourth-order valence-electron chi connectivity index (χ4n) is 2.12. The number of nitrogens with one attached hydrogen (secondary N) is 1. The van der Waals surface area contributed by atoms with E-state index in [2.05, 4.69) is 11.1 Å². The summed E-state index contributed by atoms with van der Waals surface area (Å²) < 4.78 is 5.96. The van der Waals surface area contributed by atoms with Crippen molar-refractivity contribution in [2.45, 2.75) is 27.7 Å². The fraction of sp³-hybridized carbons (Fsp3) is 0.250. The summed E-state index contributed by atoms with van der Waals surface area (Å²) in [5.74, 6) is 1.13. The predicted octanol–water partition coefficient (Wildman–Crippen LogP) is 3.39. The van der Waals surface area contributed by atoms with E-state index in [9.17, 15) is 0 Å². The van der Waals surface area contributed by atoms with Crippen molar-refractivity contribution in [1.29, 1.82) is 5.41 Å². The lowest BCUT2D eigenvalue weighted by atomic mass is 10.1. The van der Waals surface area contributed by atoms with E-state index in [1.54, 1.807) is 6.20 Å². The molecule has 0 saturated carbocycles. The van der Waals surface area contributed by atoms with Crippen LogP contribution in [0.3, 0.4) is 0 Å². The minimum Gasteiger partial charge on any atom is -0.438 e. The number of hydrogen-bond donors (Lipinski definition) is 2. The van der Waals surface area contributed by atoms with Gasteiger partial charge in [0.15, 0.2) is 0 Å². The Balaban J connectivity index is 2.54. The highest BCUT2D eigenvalue weighted by molar-refractivity contribution is 5.98. The first-order valence-corrected chi connectivity index (χ1v) is 6.46. The van der Waals surface area contributed by atoms with E-state index >= 15 is 0 Å². The zero-order valence-corrected chi connectivity index (χ0v) is 12.2. The smallest absolute Gasteiger partial charge is 0.230 e. The van der Waals surface area contributed by atoms with Gasteiger partial charge < -0.3 is 10.5 Å². The van der Waals surface area contributed by atoms with Gasteiger partial charge in [0.2, 0.25) is 5.88 Å². The standard InChI is InChI=1S/C16H19N3O/c1-9-5-6-11(3)14(12(9)4)20-16-13(15(17)18)10(2)7-8-19-16/h5-8H,1-4H3,(H3,17,18). The topological polar surface area (TPSA) is 72.0 Å². The molecule has 0 aliphatic carbocycles. The molecule has 0 atom stereocenters. The number of pyridine rings is 1.